The summed E-state index contributed by atoms with van der Waals surface area (Å²) in [7, 11) is 0. The number of hydrogen-bond donors (Lipinski definition) is 0. The summed E-state index contributed by atoms with van der Waals surface area (Å²) < 4.78 is 224. The number of aromatic nitrogens is 5. The van der Waals surface area contributed by atoms with Gasteiger partial charge >= 0.3 is 0 Å². The van der Waals surface area contributed by atoms with E-state index in [9.17, 15) is 9.60 Å². The number of nitrogens with zero attached hydrogens (tertiary/aromatic N) is 5. The molecule has 238 valence electrons. The molecule has 0 unspecified atom stereocenters. The van der Waals surface area contributed by atoms with Crippen molar-refractivity contribution < 1.29 is 34.3 Å². The lowest BCUT2D eigenvalue weighted by atomic mass is 10.1. The van der Waals surface area contributed by atoms with Crippen molar-refractivity contribution in [2.75, 3.05) is 0 Å². The first-order valence-electron chi connectivity index (χ1n) is 27.5. The number of para-hydroxylation sites is 3. The van der Waals surface area contributed by atoms with Gasteiger partial charge in [0.2, 0.25) is 5.95 Å². The Kier molecular flexibility index (Phi) is 2.84. The van der Waals surface area contributed by atoms with Crippen molar-refractivity contribution in [3.63, 3.8) is 0 Å². The highest BCUT2D eigenvalue weighted by atomic mass is 32.1. The van der Waals surface area contributed by atoms with E-state index in [0.717, 1.165) is 9.13 Å². The lowest BCUT2D eigenvalue weighted by Gasteiger charge is -2.13. The predicted octanol–water partition coefficient (Wildman–Crippen LogP) is 11.8. The number of hydrogen-bond acceptors (Lipinski definition) is 4. The molecule has 0 fully saturated rings. The Labute approximate surface area is 331 Å². The van der Waals surface area contributed by atoms with E-state index < -0.39 is 197 Å². The van der Waals surface area contributed by atoms with Gasteiger partial charge in [0.05, 0.1) is 56.3 Å². The van der Waals surface area contributed by atoms with Gasteiger partial charge in [0.25, 0.3) is 0 Å². The Bertz CT molecular complexity index is 4540. The molecular weight excluding hydrogens is 643 g/mol. The summed E-state index contributed by atoms with van der Waals surface area (Å²) in [5.74, 6) is -2.14. The molecule has 0 spiro atoms. The number of thiophene rings is 1. The minimum Gasteiger partial charge on any atom is -0.307 e. The third-order valence-electron chi connectivity index (χ3n) is 8.34. The van der Waals surface area contributed by atoms with Gasteiger partial charge in [-0.1, -0.05) is 127 Å². The minimum absolute atomic E-state index is 0.0917. The van der Waals surface area contributed by atoms with Crippen molar-refractivity contribution in [3.8, 4) is 34.4 Å². The van der Waals surface area contributed by atoms with Crippen LogP contribution in [-0.2, 0) is 0 Å². The van der Waals surface area contributed by atoms with E-state index >= 15 is 0 Å². The highest BCUT2D eigenvalue weighted by molar-refractivity contribution is 7.26. The van der Waals surface area contributed by atoms with E-state index in [2.05, 4.69) is 9.97 Å². The van der Waals surface area contributed by atoms with Crippen LogP contribution in [0.2, 0.25) is 0 Å². The second-order valence-corrected chi connectivity index (χ2v) is 12.0. The molecule has 0 amide bonds. The number of rotatable bonds is 4. The fourth-order valence-corrected chi connectivity index (χ4v) is 7.37. The van der Waals surface area contributed by atoms with Gasteiger partial charge in [-0.05, 0) is 36.3 Å². The lowest BCUT2D eigenvalue weighted by molar-refractivity contribution is 0.954. The minimum atomic E-state index is -0.866. The zero-order valence-corrected chi connectivity index (χ0v) is 26.1. The van der Waals surface area contributed by atoms with Gasteiger partial charge in [-0.25, -0.2) is 4.98 Å². The summed E-state index contributed by atoms with van der Waals surface area (Å²) in [6.07, 6.45) is 0. The Hall–Kier alpha value is -6.63. The van der Waals surface area contributed by atoms with Gasteiger partial charge < -0.3 is 4.57 Å². The molecular formula is C45H27N5S. The summed E-state index contributed by atoms with van der Waals surface area (Å²) in [5, 5.41) is -1.13. The van der Waals surface area contributed by atoms with Crippen molar-refractivity contribution in [1.29, 1.82) is 0 Å². The Balaban J connectivity index is 1.45. The maximum absolute atomic E-state index is 9.47. The van der Waals surface area contributed by atoms with Crippen LogP contribution in [-0.4, -0.2) is 24.1 Å². The molecule has 0 saturated carbocycles. The van der Waals surface area contributed by atoms with Crippen LogP contribution in [0.4, 0.5) is 0 Å². The monoisotopic (exact) mass is 694 g/mol. The van der Waals surface area contributed by atoms with Gasteiger partial charge in [-0.2, -0.15) is 9.97 Å². The topological polar surface area (TPSA) is 48.5 Å². The van der Waals surface area contributed by atoms with Crippen LogP contribution in [0.25, 0.3) is 98.2 Å². The quantitative estimate of drug-likeness (QED) is 0.184. The molecule has 0 N–H and O–H groups in total. The zero-order chi connectivity index (χ0) is 55.2. The molecule has 11 aromatic rings. The van der Waals surface area contributed by atoms with Crippen LogP contribution < -0.4 is 0 Å². The van der Waals surface area contributed by atoms with Crippen molar-refractivity contribution in [2.45, 2.75) is 0 Å². The Morgan fingerprint density at radius 1 is 0.451 bits per heavy atom. The first-order valence-corrected chi connectivity index (χ1v) is 15.8. The molecule has 4 heterocycles. The van der Waals surface area contributed by atoms with Crippen LogP contribution in [0, 0.1) is 0 Å². The molecule has 5 nitrogen and oxygen atoms in total. The van der Waals surface area contributed by atoms with Gasteiger partial charge in [0.1, 0.15) is 0 Å². The van der Waals surface area contributed by atoms with E-state index in [-0.39, 0.29) is 52.8 Å². The first-order chi connectivity index (χ1) is 35.7. The lowest BCUT2D eigenvalue weighted by Crippen LogP contribution is -2.07. The van der Waals surface area contributed by atoms with E-state index in [0.29, 0.717) is 11.3 Å². The second kappa shape index (κ2) is 10.9. The maximum atomic E-state index is 9.47. The molecule has 6 heteroatoms. The maximum Gasteiger partial charge on any atom is 0.238 e. The summed E-state index contributed by atoms with van der Waals surface area (Å²) in [4.78, 5) is 13.9. The van der Waals surface area contributed by atoms with Crippen LogP contribution in [0.5, 0.6) is 0 Å². The standard InChI is InChI=1S/C45H27N5S/c1-3-14-28(15-4-1)43-46-44(36-22-13-21-35-32-20-9-12-25-39(32)51-42(35)36)48-45(47-43)50-38-24-11-8-19-31(38)34-27-26-33-30-18-7-10-23-37(30)49(40(33)41(34)50)29-16-5-2-6-17-29/h1-27H/i1D,2D,3D,4D,5D,6D,7D,8D,9D,10D,11D,12D,13D,14D,15D,16D,17D,18D,19D,20D,21D,22D,23D,24D,25D. The summed E-state index contributed by atoms with van der Waals surface area (Å²) >= 11 is 0.680. The summed E-state index contributed by atoms with van der Waals surface area (Å²) in [5.41, 5.74) is -3.24. The summed E-state index contributed by atoms with van der Waals surface area (Å²) in [6, 6.07) is -16.4. The van der Waals surface area contributed by atoms with Gasteiger partial charge in [-0.15, -0.1) is 11.3 Å². The highest BCUT2D eigenvalue weighted by Gasteiger charge is 2.24. The molecule has 0 radical (unpaired) electrons. The molecule has 0 bridgehead atoms. The molecule has 11 rings (SSSR count). The van der Waals surface area contributed by atoms with Crippen molar-refractivity contribution in [1.82, 2.24) is 24.1 Å². The average molecular weight is 695 g/mol. The Morgan fingerprint density at radius 2 is 1.02 bits per heavy atom. The van der Waals surface area contributed by atoms with Gasteiger partial charge in [-0.3, -0.25) is 4.57 Å². The van der Waals surface area contributed by atoms with Crippen LogP contribution in [0.1, 0.15) is 34.3 Å². The van der Waals surface area contributed by atoms with Crippen molar-refractivity contribution in [2.24, 2.45) is 0 Å². The highest BCUT2D eigenvalue weighted by Crippen LogP contribution is 2.43. The number of fused-ring (bicyclic) bond motifs is 10. The number of benzene rings is 7. The molecule has 4 aromatic heterocycles. The third-order valence-corrected chi connectivity index (χ3v) is 9.46. The third kappa shape index (κ3) is 4.17. The predicted molar refractivity (Wildman–Crippen MR) is 212 cm³/mol. The smallest absolute Gasteiger partial charge is 0.238 e. The molecule has 0 saturated heterocycles. The zero-order valence-electron chi connectivity index (χ0n) is 50.3. The Morgan fingerprint density at radius 3 is 1.76 bits per heavy atom. The summed E-state index contributed by atoms with van der Waals surface area (Å²) in [6.45, 7) is 0. The van der Waals surface area contributed by atoms with Gasteiger partial charge in [0, 0.05) is 58.5 Å². The average Bonchev–Trinajstić information content (AvgIpc) is 4.08. The van der Waals surface area contributed by atoms with E-state index in [1.165, 1.54) is 12.1 Å². The molecule has 51 heavy (non-hydrogen) atoms. The van der Waals surface area contributed by atoms with E-state index in [4.69, 9.17) is 29.7 Å². The first kappa shape index (κ1) is 13.2. The van der Waals surface area contributed by atoms with Crippen LogP contribution in [0.3, 0.4) is 0 Å². The van der Waals surface area contributed by atoms with E-state index in [1.807, 2.05) is 0 Å². The largest absolute Gasteiger partial charge is 0.307 e. The second-order valence-electron chi connectivity index (χ2n) is 11.0. The molecule has 0 aliphatic carbocycles. The fourth-order valence-electron chi connectivity index (χ4n) is 6.31. The van der Waals surface area contributed by atoms with Crippen molar-refractivity contribution in [3.05, 3.63) is 163 Å². The molecule has 0 aliphatic heterocycles. The van der Waals surface area contributed by atoms with Gasteiger partial charge in [0.15, 0.2) is 11.6 Å². The van der Waals surface area contributed by atoms with Crippen LogP contribution >= 0.6 is 11.3 Å². The fraction of sp³-hybridized carbons (Fsp3) is 0. The SMILES string of the molecule is [2H]c1c([2H])c([2H])c(-c2nc(-c3c([2H])c([2H])c([2H])c4c3sc3c([2H])c([2H])c([2H])c([2H])c34)nc(-n3c4c([2H])c([2H])c([2H])c([2H])c4c4ccc5c6c([2H])c([2H])c([2H])c([2H])c6n(-c6c([2H])c([2H])c([2H])c([2H])c6[2H])c5c43)n2)c([2H])c1[2H]. The van der Waals surface area contributed by atoms with Crippen molar-refractivity contribution >= 4 is 75.1 Å². The molecule has 0 aliphatic rings. The molecule has 7 aromatic carbocycles. The molecule has 0 atom stereocenters. The normalized spacial score (nSPS) is 18.8. The van der Waals surface area contributed by atoms with E-state index in [1.54, 1.807) is 0 Å². The van der Waals surface area contributed by atoms with Crippen LogP contribution in [0.15, 0.2) is 163 Å².